The lowest BCUT2D eigenvalue weighted by Gasteiger charge is -2.12. The molecule has 2 rings (SSSR count). The summed E-state index contributed by atoms with van der Waals surface area (Å²) in [6, 6.07) is 11.1. The van der Waals surface area contributed by atoms with Crippen LogP contribution in [0.15, 0.2) is 40.9 Å². The number of hydrogen-bond acceptors (Lipinski definition) is 4. The van der Waals surface area contributed by atoms with E-state index in [0.29, 0.717) is 22.5 Å². The highest BCUT2D eigenvalue weighted by molar-refractivity contribution is 9.10. The van der Waals surface area contributed by atoms with Crippen molar-refractivity contribution in [3.63, 3.8) is 0 Å². The number of phenols is 1. The maximum Gasteiger partial charge on any atom is 0.162 e. The first-order valence-electron chi connectivity index (χ1n) is 6.08. The monoisotopic (exact) mass is 337 g/mol. The van der Waals surface area contributed by atoms with Gasteiger partial charge in [0.25, 0.3) is 0 Å². The lowest BCUT2D eigenvalue weighted by Crippen LogP contribution is -2.00. The Labute approximate surface area is 126 Å². The molecule has 0 bridgehead atoms. The van der Waals surface area contributed by atoms with E-state index in [0.717, 1.165) is 11.3 Å². The van der Waals surface area contributed by atoms with Crippen LogP contribution in [0.3, 0.4) is 0 Å². The zero-order valence-electron chi connectivity index (χ0n) is 11.3. The van der Waals surface area contributed by atoms with E-state index < -0.39 is 0 Å². The van der Waals surface area contributed by atoms with Gasteiger partial charge < -0.3 is 19.9 Å². The number of benzene rings is 2. The normalized spacial score (nSPS) is 10.2. The summed E-state index contributed by atoms with van der Waals surface area (Å²) in [7, 11) is 3.20. The van der Waals surface area contributed by atoms with Gasteiger partial charge in [-0.1, -0.05) is 12.1 Å². The Balaban J connectivity index is 2.13. The molecule has 0 spiro atoms. The number of hydrogen-bond donors (Lipinski definition) is 2. The molecule has 20 heavy (non-hydrogen) atoms. The zero-order chi connectivity index (χ0) is 14.5. The molecule has 2 aromatic rings. The third kappa shape index (κ3) is 3.17. The molecule has 2 aromatic carbocycles. The van der Waals surface area contributed by atoms with Crippen molar-refractivity contribution in [1.29, 1.82) is 0 Å². The zero-order valence-corrected chi connectivity index (χ0v) is 12.9. The number of anilines is 1. The van der Waals surface area contributed by atoms with Crippen molar-refractivity contribution < 1.29 is 14.6 Å². The number of phenolic OH excluding ortho intramolecular Hbond substituents is 1. The van der Waals surface area contributed by atoms with E-state index in [1.807, 2.05) is 30.3 Å². The molecule has 0 saturated heterocycles. The van der Waals surface area contributed by atoms with Crippen LogP contribution in [0, 0.1) is 0 Å². The SMILES string of the molecule is COc1ccc(NCc2cccc(Br)c2O)cc1OC. The van der Waals surface area contributed by atoms with Gasteiger partial charge >= 0.3 is 0 Å². The number of para-hydroxylation sites is 1. The summed E-state index contributed by atoms with van der Waals surface area (Å²) in [5, 5.41) is 13.2. The van der Waals surface area contributed by atoms with Crippen molar-refractivity contribution in [3.05, 3.63) is 46.4 Å². The molecule has 0 aliphatic rings. The second kappa shape index (κ2) is 6.52. The molecule has 0 aromatic heterocycles. The minimum Gasteiger partial charge on any atom is -0.506 e. The molecular formula is C15H16BrNO3. The summed E-state index contributed by atoms with van der Waals surface area (Å²) in [6.45, 7) is 0.515. The van der Waals surface area contributed by atoms with Gasteiger partial charge in [0.2, 0.25) is 0 Å². The minimum absolute atomic E-state index is 0.250. The van der Waals surface area contributed by atoms with Gasteiger partial charge in [0.05, 0.1) is 18.7 Å². The summed E-state index contributed by atoms with van der Waals surface area (Å²) in [5.74, 6) is 1.60. The molecule has 0 amide bonds. The molecule has 0 aliphatic heterocycles. The molecule has 4 nitrogen and oxygen atoms in total. The van der Waals surface area contributed by atoms with E-state index in [1.54, 1.807) is 20.3 Å². The number of halogens is 1. The summed E-state index contributed by atoms with van der Waals surface area (Å²) >= 11 is 3.30. The quantitative estimate of drug-likeness (QED) is 0.871. The van der Waals surface area contributed by atoms with Gasteiger partial charge in [0.15, 0.2) is 11.5 Å². The summed E-state index contributed by atoms with van der Waals surface area (Å²) in [4.78, 5) is 0. The molecule has 106 valence electrons. The fourth-order valence-electron chi connectivity index (χ4n) is 1.85. The summed E-state index contributed by atoms with van der Waals surface area (Å²) < 4.78 is 11.1. The molecule has 0 aliphatic carbocycles. The Bertz CT molecular complexity index is 602. The maximum absolute atomic E-state index is 9.93. The molecule has 0 saturated carbocycles. The molecule has 0 unspecified atom stereocenters. The molecule has 2 N–H and O–H groups in total. The van der Waals surface area contributed by atoms with Crippen molar-refractivity contribution in [2.75, 3.05) is 19.5 Å². The average Bonchev–Trinajstić information content (AvgIpc) is 2.48. The topological polar surface area (TPSA) is 50.7 Å². The molecule has 0 heterocycles. The third-order valence-electron chi connectivity index (χ3n) is 2.94. The van der Waals surface area contributed by atoms with Crippen LogP contribution in [0.4, 0.5) is 5.69 Å². The van der Waals surface area contributed by atoms with Crippen molar-refractivity contribution >= 4 is 21.6 Å². The Morgan fingerprint density at radius 2 is 1.85 bits per heavy atom. The smallest absolute Gasteiger partial charge is 0.162 e. The number of ether oxygens (including phenoxy) is 2. The van der Waals surface area contributed by atoms with Crippen molar-refractivity contribution in [2.24, 2.45) is 0 Å². The Morgan fingerprint density at radius 3 is 2.55 bits per heavy atom. The molecule has 0 radical (unpaired) electrons. The first kappa shape index (κ1) is 14.5. The number of nitrogens with one attached hydrogen (secondary N) is 1. The summed E-state index contributed by atoms with van der Waals surface area (Å²) in [5.41, 5.74) is 1.70. The van der Waals surface area contributed by atoms with Crippen molar-refractivity contribution in [3.8, 4) is 17.2 Å². The van der Waals surface area contributed by atoms with Crippen LogP contribution in [0.1, 0.15) is 5.56 Å². The van der Waals surface area contributed by atoms with Crippen molar-refractivity contribution in [1.82, 2.24) is 0 Å². The first-order chi connectivity index (χ1) is 9.65. The van der Waals surface area contributed by atoms with Crippen LogP contribution in [0.5, 0.6) is 17.2 Å². The van der Waals surface area contributed by atoms with Crippen molar-refractivity contribution in [2.45, 2.75) is 6.54 Å². The van der Waals surface area contributed by atoms with Gasteiger partial charge in [-0.3, -0.25) is 0 Å². The van der Waals surface area contributed by atoms with E-state index in [4.69, 9.17) is 9.47 Å². The highest BCUT2D eigenvalue weighted by Crippen LogP contribution is 2.31. The number of aromatic hydroxyl groups is 1. The highest BCUT2D eigenvalue weighted by atomic mass is 79.9. The van der Waals surface area contributed by atoms with Gasteiger partial charge in [-0.25, -0.2) is 0 Å². The van der Waals surface area contributed by atoms with Crippen LogP contribution in [0.2, 0.25) is 0 Å². The third-order valence-corrected chi connectivity index (χ3v) is 3.58. The fraction of sp³-hybridized carbons (Fsp3) is 0.200. The Morgan fingerprint density at radius 1 is 1.10 bits per heavy atom. The lowest BCUT2D eigenvalue weighted by atomic mass is 10.2. The van der Waals surface area contributed by atoms with E-state index in [1.165, 1.54) is 0 Å². The van der Waals surface area contributed by atoms with Gasteiger partial charge in [0, 0.05) is 23.9 Å². The van der Waals surface area contributed by atoms with Crippen LogP contribution >= 0.6 is 15.9 Å². The fourth-order valence-corrected chi connectivity index (χ4v) is 2.25. The average molecular weight is 338 g/mol. The standard InChI is InChI=1S/C15H16BrNO3/c1-19-13-7-6-11(8-14(13)20-2)17-9-10-4-3-5-12(16)15(10)18/h3-8,17-18H,9H2,1-2H3. The van der Waals surface area contributed by atoms with E-state index in [-0.39, 0.29) is 5.75 Å². The highest BCUT2D eigenvalue weighted by Gasteiger charge is 2.07. The summed E-state index contributed by atoms with van der Waals surface area (Å²) in [6.07, 6.45) is 0. The van der Waals surface area contributed by atoms with Crippen LogP contribution in [-0.4, -0.2) is 19.3 Å². The van der Waals surface area contributed by atoms with Gasteiger partial charge in [-0.05, 0) is 34.1 Å². The number of methoxy groups -OCH3 is 2. The molecule has 0 fully saturated rings. The second-order valence-corrected chi connectivity index (χ2v) is 5.03. The predicted octanol–water partition coefficient (Wildman–Crippen LogP) is 3.78. The second-order valence-electron chi connectivity index (χ2n) is 4.17. The predicted molar refractivity (Wildman–Crippen MR) is 82.7 cm³/mol. The molecular weight excluding hydrogens is 322 g/mol. The van der Waals surface area contributed by atoms with Crippen LogP contribution in [-0.2, 0) is 6.54 Å². The Kier molecular flexibility index (Phi) is 4.74. The maximum atomic E-state index is 9.93. The van der Waals surface area contributed by atoms with Crippen LogP contribution in [0.25, 0.3) is 0 Å². The van der Waals surface area contributed by atoms with E-state index >= 15 is 0 Å². The molecule has 5 heteroatoms. The van der Waals surface area contributed by atoms with Crippen LogP contribution < -0.4 is 14.8 Å². The van der Waals surface area contributed by atoms with Gasteiger partial charge in [0.1, 0.15) is 5.75 Å². The lowest BCUT2D eigenvalue weighted by molar-refractivity contribution is 0.355. The van der Waals surface area contributed by atoms with E-state index in [2.05, 4.69) is 21.2 Å². The molecule has 0 atom stereocenters. The number of rotatable bonds is 5. The largest absolute Gasteiger partial charge is 0.506 e. The minimum atomic E-state index is 0.250. The van der Waals surface area contributed by atoms with Gasteiger partial charge in [-0.2, -0.15) is 0 Å². The van der Waals surface area contributed by atoms with Gasteiger partial charge in [-0.15, -0.1) is 0 Å². The first-order valence-corrected chi connectivity index (χ1v) is 6.87. The van der Waals surface area contributed by atoms with E-state index in [9.17, 15) is 5.11 Å². The Hall–Kier alpha value is -1.88.